The second-order valence-corrected chi connectivity index (χ2v) is 7.39. The molecule has 2 aromatic rings. The Balaban J connectivity index is 2.22. The molecule has 2 rings (SSSR count). The third kappa shape index (κ3) is 4.30. The zero-order valence-electron chi connectivity index (χ0n) is 13.0. The predicted octanol–water partition coefficient (Wildman–Crippen LogP) is 2.91. The zero-order valence-corrected chi connectivity index (χ0v) is 13.8. The molecule has 0 fully saturated rings. The Morgan fingerprint density at radius 3 is 2.30 bits per heavy atom. The SMILES string of the molecule is CN(C)S(=O)(=NC(=O)OCc1ccccc1)c1ccc(N)cc1. The zero-order chi connectivity index (χ0) is 16.9. The van der Waals surface area contributed by atoms with E-state index in [1.54, 1.807) is 38.4 Å². The van der Waals surface area contributed by atoms with Gasteiger partial charge in [0.25, 0.3) is 0 Å². The van der Waals surface area contributed by atoms with E-state index >= 15 is 0 Å². The van der Waals surface area contributed by atoms with Gasteiger partial charge in [0.2, 0.25) is 0 Å². The number of nitrogens with two attached hydrogens (primary N) is 1. The summed E-state index contributed by atoms with van der Waals surface area (Å²) in [5.41, 5.74) is 7.01. The Morgan fingerprint density at radius 2 is 1.74 bits per heavy atom. The quantitative estimate of drug-likeness (QED) is 0.872. The number of carbonyl (C=O) groups excluding carboxylic acids is 1. The number of ether oxygens (including phenoxy) is 1. The standard InChI is InChI=1S/C16H19N3O3S/c1-19(2)23(21,15-10-8-14(17)9-11-15)18-16(20)22-12-13-6-4-3-5-7-13/h3-11H,12,17H2,1-2H3. The number of benzene rings is 2. The highest BCUT2D eigenvalue weighted by atomic mass is 32.2. The van der Waals surface area contributed by atoms with Gasteiger partial charge >= 0.3 is 6.09 Å². The normalized spacial score (nSPS) is 13.3. The molecule has 23 heavy (non-hydrogen) atoms. The van der Waals surface area contributed by atoms with Crippen LogP contribution in [0.25, 0.3) is 0 Å². The minimum atomic E-state index is -3.08. The minimum absolute atomic E-state index is 0.0772. The lowest BCUT2D eigenvalue weighted by molar-refractivity contribution is 0.151. The molecule has 0 radical (unpaired) electrons. The molecule has 0 aliphatic carbocycles. The highest BCUT2D eigenvalue weighted by molar-refractivity contribution is 7.91. The number of nitrogens with zero attached hydrogens (tertiary/aromatic N) is 2. The van der Waals surface area contributed by atoms with Gasteiger partial charge in [-0.2, -0.15) is 0 Å². The molecule has 1 amide bonds. The van der Waals surface area contributed by atoms with Gasteiger partial charge in [-0.05, 0) is 29.8 Å². The van der Waals surface area contributed by atoms with Crippen LogP contribution in [0.3, 0.4) is 0 Å². The average molecular weight is 333 g/mol. The molecule has 0 aliphatic rings. The summed E-state index contributed by atoms with van der Waals surface area (Å²) in [6, 6.07) is 15.6. The van der Waals surface area contributed by atoms with E-state index in [2.05, 4.69) is 4.36 Å². The first-order valence-electron chi connectivity index (χ1n) is 6.93. The van der Waals surface area contributed by atoms with Gasteiger partial charge in [-0.1, -0.05) is 30.3 Å². The van der Waals surface area contributed by atoms with E-state index in [4.69, 9.17) is 10.5 Å². The van der Waals surface area contributed by atoms with Gasteiger partial charge in [0.05, 0.1) is 4.90 Å². The Hall–Kier alpha value is -2.38. The summed E-state index contributed by atoms with van der Waals surface area (Å²) in [4.78, 5) is 12.4. The van der Waals surface area contributed by atoms with Crippen molar-refractivity contribution in [1.29, 1.82) is 0 Å². The maximum Gasteiger partial charge on any atom is 0.443 e. The van der Waals surface area contributed by atoms with Crippen LogP contribution in [-0.4, -0.2) is 28.7 Å². The topological polar surface area (TPSA) is 85.0 Å². The van der Waals surface area contributed by atoms with Crippen LogP contribution in [0.4, 0.5) is 10.5 Å². The second-order valence-electron chi connectivity index (χ2n) is 5.01. The summed E-state index contributed by atoms with van der Waals surface area (Å²) in [5, 5.41) is 0. The van der Waals surface area contributed by atoms with E-state index in [0.717, 1.165) is 5.56 Å². The van der Waals surface area contributed by atoms with Gasteiger partial charge in [-0.25, -0.2) is 13.3 Å². The van der Waals surface area contributed by atoms with Gasteiger partial charge < -0.3 is 10.5 Å². The first-order valence-corrected chi connectivity index (χ1v) is 8.40. The van der Waals surface area contributed by atoms with E-state index in [1.807, 2.05) is 30.3 Å². The molecule has 0 bridgehead atoms. The van der Waals surface area contributed by atoms with Crippen LogP contribution in [0.2, 0.25) is 0 Å². The van der Waals surface area contributed by atoms with Crippen LogP contribution in [0.15, 0.2) is 63.9 Å². The van der Waals surface area contributed by atoms with Crippen molar-refractivity contribution in [2.24, 2.45) is 4.36 Å². The number of amides is 1. The number of anilines is 1. The second kappa shape index (κ2) is 7.26. The fourth-order valence-corrected chi connectivity index (χ4v) is 3.27. The van der Waals surface area contributed by atoms with Crippen molar-refractivity contribution in [2.75, 3.05) is 19.8 Å². The first-order chi connectivity index (χ1) is 10.9. The molecular weight excluding hydrogens is 314 g/mol. The molecule has 0 saturated heterocycles. The van der Waals surface area contributed by atoms with Gasteiger partial charge in [-0.3, -0.25) is 0 Å². The summed E-state index contributed by atoms with van der Waals surface area (Å²) in [6.07, 6.45) is -0.871. The Kier molecular flexibility index (Phi) is 5.36. The van der Waals surface area contributed by atoms with Gasteiger partial charge in [0.15, 0.2) is 0 Å². The molecule has 6 nitrogen and oxygen atoms in total. The lowest BCUT2D eigenvalue weighted by Crippen LogP contribution is -2.23. The lowest BCUT2D eigenvalue weighted by Gasteiger charge is -2.16. The van der Waals surface area contributed by atoms with Crippen LogP contribution in [0.5, 0.6) is 0 Å². The molecule has 7 heteroatoms. The van der Waals surface area contributed by atoms with Crippen LogP contribution >= 0.6 is 0 Å². The monoisotopic (exact) mass is 333 g/mol. The van der Waals surface area contributed by atoms with Crippen molar-refractivity contribution in [3.8, 4) is 0 Å². The highest BCUT2D eigenvalue weighted by Crippen LogP contribution is 2.18. The molecule has 0 aromatic heterocycles. The number of hydrogen-bond acceptors (Lipinski definition) is 4. The molecule has 0 heterocycles. The Bertz CT molecular complexity index is 780. The van der Waals surface area contributed by atoms with E-state index < -0.39 is 16.0 Å². The molecule has 0 aliphatic heterocycles. The number of carbonyl (C=O) groups is 1. The third-order valence-corrected chi connectivity index (χ3v) is 5.36. The van der Waals surface area contributed by atoms with Crippen molar-refractivity contribution >= 4 is 21.7 Å². The van der Waals surface area contributed by atoms with Gasteiger partial charge in [0, 0.05) is 19.8 Å². The number of rotatable bonds is 4. The summed E-state index contributed by atoms with van der Waals surface area (Å²) in [6.45, 7) is 0.0772. The molecule has 2 N–H and O–H groups in total. The van der Waals surface area contributed by atoms with Gasteiger partial charge in [-0.15, -0.1) is 4.36 Å². The largest absolute Gasteiger partial charge is 0.443 e. The van der Waals surface area contributed by atoms with Crippen molar-refractivity contribution in [1.82, 2.24) is 4.31 Å². The molecule has 122 valence electrons. The van der Waals surface area contributed by atoms with Crippen LogP contribution < -0.4 is 5.73 Å². The summed E-state index contributed by atoms with van der Waals surface area (Å²) in [5.74, 6) is 0. The molecule has 1 unspecified atom stereocenters. The molecule has 0 spiro atoms. The fourth-order valence-electron chi connectivity index (χ4n) is 1.84. The van der Waals surface area contributed by atoms with Crippen LogP contribution in [0, 0.1) is 0 Å². The fraction of sp³-hybridized carbons (Fsp3) is 0.188. The van der Waals surface area contributed by atoms with Crippen LogP contribution in [-0.2, 0) is 21.3 Å². The van der Waals surface area contributed by atoms with E-state index in [-0.39, 0.29) is 6.61 Å². The van der Waals surface area contributed by atoms with Gasteiger partial charge in [0.1, 0.15) is 16.5 Å². The highest BCUT2D eigenvalue weighted by Gasteiger charge is 2.18. The predicted molar refractivity (Wildman–Crippen MR) is 90.0 cm³/mol. The molecule has 0 saturated carbocycles. The average Bonchev–Trinajstić information content (AvgIpc) is 2.54. The molecule has 2 aromatic carbocycles. The molecule has 1 atom stereocenters. The smallest absolute Gasteiger partial charge is 0.443 e. The van der Waals surface area contributed by atoms with Crippen LogP contribution in [0.1, 0.15) is 5.56 Å². The van der Waals surface area contributed by atoms with Crippen molar-refractivity contribution in [3.05, 3.63) is 60.2 Å². The van der Waals surface area contributed by atoms with E-state index in [1.165, 1.54) is 4.31 Å². The maximum atomic E-state index is 13.0. The van der Waals surface area contributed by atoms with Crippen molar-refractivity contribution < 1.29 is 13.7 Å². The maximum absolute atomic E-state index is 13.0. The first kappa shape index (κ1) is 17.0. The Labute approximate surface area is 136 Å². The van der Waals surface area contributed by atoms with Crippen molar-refractivity contribution in [2.45, 2.75) is 11.5 Å². The summed E-state index contributed by atoms with van der Waals surface area (Å²) in [7, 11) is 0.103. The minimum Gasteiger partial charge on any atom is -0.443 e. The summed E-state index contributed by atoms with van der Waals surface area (Å²) < 4.78 is 23.3. The number of nitrogen functional groups attached to an aromatic ring is 1. The molecular formula is C16H19N3O3S. The Morgan fingerprint density at radius 1 is 1.13 bits per heavy atom. The number of hydrogen-bond donors (Lipinski definition) is 1. The van der Waals surface area contributed by atoms with E-state index in [0.29, 0.717) is 10.6 Å². The van der Waals surface area contributed by atoms with Crippen molar-refractivity contribution in [3.63, 3.8) is 0 Å². The van der Waals surface area contributed by atoms with E-state index in [9.17, 15) is 9.00 Å². The lowest BCUT2D eigenvalue weighted by atomic mass is 10.2. The summed E-state index contributed by atoms with van der Waals surface area (Å²) >= 11 is 0. The third-order valence-electron chi connectivity index (χ3n) is 3.09.